The second kappa shape index (κ2) is 5.65. The van der Waals surface area contributed by atoms with E-state index < -0.39 is 0 Å². The molecule has 0 spiro atoms. The molecule has 0 radical (unpaired) electrons. The minimum absolute atomic E-state index is 0.324. The maximum atomic E-state index is 11.2. The van der Waals surface area contributed by atoms with Gasteiger partial charge in [-0.25, -0.2) is 4.98 Å². The lowest BCUT2D eigenvalue weighted by Gasteiger charge is -2.16. The summed E-state index contributed by atoms with van der Waals surface area (Å²) in [4.78, 5) is 15.6. The molecule has 1 aromatic rings. The molecule has 1 rings (SSSR count). The molecule has 0 aromatic carbocycles. The number of nitrogens with two attached hydrogens (primary N) is 1. The summed E-state index contributed by atoms with van der Waals surface area (Å²) in [5.74, 6) is 0.664. The minimum atomic E-state index is -0.330. The average molecular weight is 224 g/mol. The normalized spacial score (nSPS) is 12.7. The number of amides is 1. The standard InChI is InChI=1S/C11H20N4O/c1-4-10-14-8(3)6-15(10)7-9(11(12)16)13-5-2/h6,9,13H,4-5,7H2,1-3H3,(H2,12,16). The summed E-state index contributed by atoms with van der Waals surface area (Å²) in [5.41, 5.74) is 6.30. The van der Waals surface area contributed by atoms with Crippen LogP contribution in [0.4, 0.5) is 0 Å². The molecule has 0 saturated carbocycles. The van der Waals surface area contributed by atoms with Gasteiger partial charge in [0.05, 0.1) is 5.69 Å². The van der Waals surface area contributed by atoms with E-state index in [-0.39, 0.29) is 11.9 Å². The van der Waals surface area contributed by atoms with Crippen molar-refractivity contribution in [3.05, 3.63) is 17.7 Å². The van der Waals surface area contributed by atoms with E-state index in [1.807, 2.05) is 31.5 Å². The third kappa shape index (κ3) is 3.06. The molecule has 90 valence electrons. The predicted molar refractivity (Wildman–Crippen MR) is 63.0 cm³/mol. The van der Waals surface area contributed by atoms with E-state index in [9.17, 15) is 4.79 Å². The first-order valence-corrected chi connectivity index (χ1v) is 5.63. The topological polar surface area (TPSA) is 72.9 Å². The Labute approximate surface area is 96.0 Å². The third-order valence-corrected chi connectivity index (χ3v) is 2.47. The van der Waals surface area contributed by atoms with Crippen LogP contribution in [0.5, 0.6) is 0 Å². The largest absolute Gasteiger partial charge is 0.368 e. The molecule has 5 heteroatoms. The predicted octanol–water partition coefficient (Wildman–Crippen LogP) is 0.217. The third-order valence-electron chi connectivity index (χ3n) is 2.47. The highest BCUT2D eigenvalue weighted by atomic mass is 16.1. The van der Waals surface area contributed by atoms with Crippen molar-refractivity contribution in [2.75, 3.05) is 6.54 Å². The molecule has 1 heterocycles. The SMILES string of the molecule is CCNC(Cn1cc(C)nc1CC)C(N)=O. The molecule has 0 aliphatic rings. The summed E-state index contributed by atoms with van der Waals surface area (Å²) in [6.07, 6.45) is 2.80. The van der Waals surface area contributed by atoms with Crippen molar-refractivity contribution in [2.45, 2.75) is 39.8 Å². The van der Waals surface area contributed by atoms with Gasteiger partial charge in [0.15, 0.2) is 0 Å². The van der Waals surface area contributed by atoms with Crippen LogP contribution in [0.2, 0.25) is 0 Å². The molecule has 0 aliphatic heterocycles. The summed E-state index contributed by atoms with van der Waals surface area (Å²) in [7, 11) is 0. The molecule has 5 nitrogen and oxygen atoms in total. The van der Waals surface area contributed by atoms with Gasteiger partial charge in [0.1, 0.15) is 11.9 Å². The Morgan fingerprint density at radius 2 is 2.31 bits per heavy atom. The van der Waals surface area contributed by atoms with E-state index in [2.05, 4.69) is 10.3 Å². The number of nitrogens with one attached hydrogen (secondary N) is 1. The van der Waals surface area contributed by atoms with E-state index in [1.54, 1.807) is 0 Å². The van der Waals surface area contributed by atoms with Gasteiger partial charge in [0.2, 0.25) is 5.91 Å². The Morgan fingerprint density at radius 3 is 2.81 bits per heavy atom. The molecule has 0 aliphatic carbocycles. The van der Waals surface area contributed by atoms with Crippen molar-refractivity contribution in [2.24, 2.45) is 5.73 Å². The minimum Gasteiger partial charge on any atom is -0.368 e. The lowest BCUT2D eigenvalue weighted by molar-refractivity contribution is -0.120. The van der Waals surface area contributed by atoms with E-state index in [1.165, 1.54) is 0 Å². The smallest absolute Gasteiger partial charge is 0.236 e. The summed E-state index contributed by atoms with van der Waals surface area (Å²) < 4.78 is 1.99. The van der Waals surface area contributed by atoms with Crippen molar-refractivity contribution in [1.82, 2.24) is 14.9 Å². The van der Waals surface area contributed by atoms with Gasteiger partial charge in [-0.1, -0.05) is 13.8 Å². The zero-order valence-electron chi connectivity index (χ0n) is 10.2. The van der Waals surface area contributed by atoms with E-state index in [0.29, 0.717) is 6.54 Å². The molecular weight excluding hydrogens is 204 g/mol. The number of primary amides is 1. The number of nitrogens with zero attached hydrogens (tertiary/aromatic N) is 2. The van der Waals surface area contributed by atoms with Crippen molar-refractivity contribution in [3.63, 3.8) is 0 Å². The van der Waals surface area contributed by atoms with Crippen molar-refractivity contribution in [1.29, 1.82) is 0 Å². The second-order valence-corrected chi connectivity index (χ2v) is 3.82. The molecule has 16 heavy (non-hydrogen) atoms. The fourth-order valence-corrected chi connectivity index (χ4v) is 1.74. The van der Waals surface area contributed by atoms with Gasteiger partial charge in [0, 0.05) is 19.2 Å². The van der Waals surface area contributed by atoms with Crippen LogP contribution in [0.25, 0.3) is 0 Å². The van der Waals surface area contributed by atoms with Gasteiger partial charge in [-0.2, -0.15) is 0 Å². The van der Waals surface area contributed by atoms with Gasteiger partial charge >= 0.3 is 0 Å². The van der Waals surface area contributed by atoms with Crippen molar-refractivity contribution in [3.8, 4) is 0 Å². The molecule has 0 saturated heterocycles. The second-order valence-electron chi connectivity index (χ2n) is 3.82. The average Bonchev–Trinajstić information content (AvgIpc) is 2.58. The summed E-state index contributed by atoms with van der Waals surface area (Å²) in [6, 6.07) is -0.330. The quantitative estimate of drug-likeness (QED) is 0.726. The Bertz CT molecular complexity index is 359. The van der Waals surface area contributed by atoms with Gasteiger partial charge in [-0.3, -0.25) is 4.79 Å². The number of aryl methyl sites for hydroxylation is 2. The zero-order valence-corrected chi connectivity index (χ0v) is 10.2. The molecule has 1 amide bonds. The first-order chi connectivity index (χ1) is 7.58. The number of hydrogen-bond acceptors (Lipinski definition) is 3. The molecule has 3 N–H and O–H groups in total. The highest BCUT2D eigenvalue weighted by molar-refractivity contribution is 5.79. The van der Waals surface area contributed by atoms with E-state index in [0.717, 1.165) is 24.5 Å². The van der Waals surface area contributed by atoms with Crippen LogP contribution in [-0.4, -0.2) is 28.0 Å². The molecule has 1 atom stereocenters. The maximum absolute atomic E-state index is 11.2. The first kappa shape index (κ1) is 12.7. The highest BCUT2D eigenvalue weighted by Crippen LogP contribution is 2.04. The lowest BCUT2D eigenvalue weighted by Crippen LogP contribution is -2.44. The number of likely N-dealkylation sites (N-methyl/N-ethyl adjacent to an activating group) is 1. The van der Waals surface area contributed by atoms with Crippen LogP contribution >= 0.6 is 0 Å². The number of hydrogen-bond donors (Lipinski definition) is 2. The fourth-order valence-electron chi connectivity index (χ4n) is 1.74. The van der Waals surface area contributed by atoms with Gasteiger partial charge in [-0.15, -0.1) is 0 Å². The Balaban J connectivity index is 2.79. The summed E-state index contributed by atoms with van der Waals surface area (Å²) in [6.45, 7) is 7.22. The molecule has 0 fully saturated rings. The number of imidazole rings is 1. The summed E-state index contributed by atoms with van der Waals surface area (Å²) >= 11 is 0. The van der Waals surface area contributed by atoms with Crippen LogP contribution < -0.4 is 11.1 Å². The lowest BCUT2D eigenvalue weighted by atomic mass is 10.2. The van der Waals surface area contributed by atoms with Gasteiger partial charge in [-0.05, 0) is 13.5 Å². The van der Waals surface area contributed by atoms with Crippen LogP contribution in [0.3, 0.4) is 0 Å². The number of rotatable bonds is 6. The van der Waals surface area contributed by atoms with Gasteiger partial charge < -0.3 is 15.6 Å². The monoisotopic (exact) mass is 224 g/mol. The van der Waals surface area contributed by atoms with E-state index >= 15 is 0 Å². The van der Waals surface area contributed by atoms with Crippen LogP contribution in [-0.2, 0) is 17.8 Å². The Kier molecular flexibility index (Phi) is 4.49. The fraction of sp³-hybridized carbons (Fsp3) is 0.636. The molecule has 0 bridgehead atoms. The molecular formula is C11H20N4O. The Morgan fingerprint density at radius 1 is 1.62 bits per heavy atom. The Hall–Kier alpha value is -1.36. The number of carbonyl (C=O) groups excluding carboxylic acids is 1. The highest BCUT2D eigenvalue weighted by Gasteiger charge is 2.16. The van der Waals surface area contributed by atoms with Crippen LogP contribution in [0, 0.1) is 6.92 Å². The van der Waals surface area contributed by atoms with Crippen LogP contribution in [0.1, 0.15) is 25.4 Å². The number of carbonyl (C=O) groups is 1. The molecule has 1 unspecified atom stereocenters. The van der Waals surface area contributed by atoms with Crippen molar-refractivity contribution >= 4 is 5.91 Å². The van der Waals surface area contributed by atoms with E-state index in [4.69, 9.17) is 5.73 Å². The van der Waals surface area contributed by atoms with Gasteiger partial charge in [0.25, 0.3) is 0 Å². The number of aromatic nitrogens is 2. The summed E-state index contributed by atoms with van der Waals surface area (Å²) in [5, 5.41) is 3.07. The maximum Gasteiger partial charge on any atom is 0.236 e. The molecule has 1 aromatic heterocycles. The first-order valence-electron chi connectivity index (χ1n) is 5.63. The van der Waals surface area contributed by atoms with Crippen molar-refractivity contribution < 1.29 is 4.79 Å². The van der Waals surface area contributed by atoms with Crippen LogP contribution in [0.15, 0.2) is 6.20 Å². The zero-order chi connectivity index (χ0) is 12.1.